The van der Waals surface area contributed by atoms with Crippen molar-refractivity contribution in [2.45, 2.75) is 24.8 Å². The number of aromatic nitrogens is 1. The van der Waals surface area contributed by atoms with E-state index in [1.165, 1.54) is 30.5 Å². The Kier molecular flexibility index (Phi) is 5.01. The maximum atomic E-state index is 13.5. The van der Waals surface area contributed by atoms with Crippen LogP contribution in [0.5, 0.6) is 11.6 Å². The molecule has 6 heteroatoms. The summed E-state index contributed by atoms with van der Waals surface area (Å²) in [5.41, 5.74) is 0.868. The van der Waals surface area contributed by atoms with Crippen LogP contribution in [-0.4, -0.2) is 10.9 Å². The van der Waals surface area contributed by atoms with Crippen LogP contribution in [0.3, 0.4) is 0 Å². The van der Waals surface area contributed by atoms with Gasteiger partial charge in [0.05, 0.1) is 10.6 Å². The molecule has 1 amide bonds. The molecule has 1 aliphatic rings. The van der Waals surface area contributed by atoms with Crippen LogP contribution < -0.4 is 10.1 Å². The molecule has 4 rings (SSSR count). The summed E-state index contributed by atoms with van der Waals surface area (Å²) in [4.78, 5) is 17.2. The third-order valence-corrected chi connectivity index (χ3v) is 5.17. The fourth-order valence-corrected chi connectivity index (χ4v) is 3.53. The van der Waals surface area contributed by atoms with Crippen LogP contribution in [0.15, 0.2) is 66.9 Å². The summed E-state index contributed by atoms with van der Waals surface area (Å²) < 4.78 is 19.1. The number of pyridine rings is 1. The summed E-state index contributed by atoms with van der Waals surface area (Å²) in [5, 5.41) is 3.45. The SMILES string of the molecule is O=C(NC1(c2ccccc2)CCC1)c1cc(Cl)cnc1Oc1cccc(F)c1. The second-order valence-corrected chi connectivity index (χ2v) is 7.26. The Morgan fingerprint density at radius 1 is 1.11 bits per heavy atom. The first-order valence-electron chi connectivity index (χ1n) is 9.03. The number of benzene rings is 2. The fraction of sp³-hybridized carbons (Fsp3) is 0.182. The first kappa shape index (κ1) is 18.4. The van der Waals surface area contributed by atoms with Crippen LogP contribution in [0.25, 0.3) is 0 Å². The summed E-state index contributed by atoms with van der Waals surface area (Å²) in [6, 6.07) is 17.1. The van der Waals surface area contributed by atoms with Gasteiger partial charge in [0, 0.05) is 12.3 Å². The molecule has 2 aromatic carbocycles. The van der Waals surface area contributed by atoms with E-state index in [2.05, 4.69) is 10.3 Å². The van der Waals surface area contributed by atoms with Crippen molar-refractivity contribution >= 4 is 17.5 Å². The highest BCUT2D eigenvalue weighted by atomic mass is 35.5. The minimum Gasteiger partial charge on any atom is -0.438 e. The minimum atomic E-state index is -0.435. The largest absolute Gasteiger partial charge is 0.438 e. The number of carbonyl (C=O) groups excluding carboxylic acids is 1. The molecule has 0 aliphatic heterocycles. The van der Waals surface area contributed by atoms with Gasteiger partial charge in [0.25, 0.3) is 5.91 Å². The van der Waals surface area contributed by atoms with Gasteiger partial charge in [-0.15, -0.1) is 0 Å². The lowest BCUT2D eigenvalue weighted by molar-refractivity contribution is 0.0820. The molecule has 1 aromatic heterocycles. The topological polar surface area (TPSA) is 51.2 Å². The maximum absolute atomic E-state index is 13.5. The summed E-state index contributed by atoms with van der Waals surface area (Å²) in [6.07, 6.45) is 4.15. The zero-order valence-corrected chi connectivity index (χ0v) is 15.7. The number of nitrogens with zero attached hydrogens (tertiary/aromatic N) is 1. The smallest absolute Gasteiger partial charge is 0.257 e. The highest BCUT2D eigenvalue weighted by Crippen LogP contribution is 2.41. The number of hydrogen-bond acceptors (Lipinski definition) is 3. The Balaban J connectivity index is 1.63. The number of amides is 1. The highest BCUT2D eigenvalue weighted by Gasteiger charge is 2.40. The van der Waals surface area contributed by atoms with Gasteiger partial charge in [0.2, 0.25) is 5.88 Å². The van der Waals surface area contributed by atoms with E-state index < -0.39 is 11.4 Å². The van der Waals surface area contributed by atoms with Crippen molar-refractivity contribution < 1.29 is 13.9 Å². The normalized spacial score (nSPS) is 14.8. The van der Waals surface area contributed by atoms with E-state index in [0.717, 1.165) is 24.8 Å². The van der Waals surface area contributed by atoms with Gasteiger partial charge in [-0.05, 0) is 43.0 Å². The number of rotatable bonds is 5. The van der Waals surface area contributed by atoms with Crippen molar-refractivity contribution in [2.24, 2.45) is 0 Å². The highest BCUT2D eigenvalue weighted by molar-refractivity contribution is 6.30. The lowest BCUT2D eigenvalue weighted by Gasteiger charge is -2.43. The second kappa shape index (κ2) is 7.60. The Morgan fingerprint density at radius 3 is 2.57 bits per heavy atom. The molecule has 1 heterocycles. The van der Waals surface area contributed by atoms with E-state index in [-0.39, 0.29) is 23.1 Å². The van der Waals surface area contributed by atoms with Crippen LogP contribution in [0.4, 0.5) is 4.39 Å². The van der Waals surface area contributed by atoms with E-state index in [9.17, 15) is 9.18 Å². The van der Waals surface area contributed by atoms with Crippen LogP contribution >= 0.6 is 11.6 Å². The molecule has 1 saturated carbocycles. The van der Waals surface area contributed by atoms with Gasteiger partial charge >= 0.3 is 0 Å². The van der Waals surface area contributed by atoms with Gasteiger partial charge in [-0.3, -0.25) is 4.79 Å². The van der Waals surface area contributed by atoms with E-state index in [1.807, 2.05) is 30.3 Å². The molecule has 1 N–H and O–H groups in total. The monoisotopic (exact) mass is 396 g/mol. The van der Waals surface area contributed by atoms with Crippen molar-refractivity contribution in [3.8, 4) is 11.6 Å². The molecule has 0 bridgehead atoms. The van der Waals surface area contributed by atoms with E-state index in [1.54, 1.807) is 6.07 Å². The summed E-state index contributed by atoms with van der Waals surface area (Å²) >= 11 is 6.07. The molecule has 3 aromatic rings. The van der Waals surface area contributed by atoms with Crippen LogP contribution in [0.1, 0.15) is 35.2 Å². The number of carbonyl (C=O) groups is 1. The first-order valence-corrected chi connectivity index (χ1v) is 9.41. The third kappa shape index (κ3) is 3.71. The molecule has 1 fully saturated rings. The van der Waals surface area contributed by atoms with Crippen molar-refractivity contribution in [2.75, 3.05) is 0 Å². The lowest BCUT2D eigenvalue weighted by atomic mass is 9.71. The number of ether oxygens (including phenoxy) is 1. The molecular weight excluding hydrogens is 379 g/mol. The van der Waals surface area contributed by atoms with Crippen molar-refractivity contribution in [3.05, 3.63) is 88.8 Å². The van der Waals surface area contributed by atoms with Gasteiger partial charge in [0.15, 0.2) is 0 Å². The van der Waals surface area contributed by atoms with Crippen LogP contribution in [0, 0.1) is 5.82 Å². The van der Waals surface area contributed by atoms with Crippen molar-refractivity contribution in [1.29, 1.82) is 0 Å². The molecule has 0 radical (unpaired) electrons. The minimum absolute atomic E-state index is 0.0787. The Bertz CT molecular complexity index is 1010. The predicted molar refractivity (Wildman–Crippen MR) is 105 cm³/mol. The average Bonchev–Trinajstić information content (AvgIpc) is 2.67. The fourth-order valence-electron chi connectivity index (χ4n) is 3.37. The Morgan fingerprint density at radius 2 is 1.89 bits per heavy atom. The molecule has 0 atom stereocenters. The third-order valence-electron chi connectivity index (χ3n) is 4.96. The standard InChI is InChI=1S/C22H18ClFN2O2/c23-16-12-19(21(25-14-16)28-18-9-4-8-17(24)13-18)20(27)26-22(10-5-11-22)15-6-2-1-3-7-15/h1-4,6-9,12-14H,5,10-11H2,(H,26,27). The summed E-state index contributed by atoms with van der Waals surface area (Å²) in [7, 11) is 0. The predicted octanol–water partition coefficient (Wildman–Crippen LogP) is 5.48. The number of hydrogen-bond donors (Lipinski definition) is 1. The molecule has 0 saturated heterocycles. The molecule has 0 unspecified atom stereocenters. The molecule has 142 valence electrons. The van der Waals surface area contributed by atoms with Gasteiger partial charge < -0.3 is 10.1 Å². The van der Waals surface area contributed by atoms with Crippen molar-refractivity contribution in [3.63, 3.8) is 0 Å². The Labute approximate surface area is 167 Å². The summed E-state index contributed by atoms with van der Waals surface area (Å²) in [6.45, 7) is 0. The molecule has 0 spiro atoms. The quantitative estimate of drug-likeness (QED) is 0.621. The molecule has 4 nitrogen and oxygen atoms in total. The lowest BCUT2D eigenvalue weighted by Crippen LogP contribution is -2.50. The average molecular weight is 397 g/mol. The van der Waals surface area contributed by atoms with Gasteiger partial charge in [-0.2, -0.15) is 0 Å². The number of nitrogens with one attached hydrogen (secondary N) is 1. The van der Waals surface area contributed by atoms with Crippen molar-refractivity contribution in [1.82, 2.24) is 10.3 Å². The number of halogens is 2. The first-order chi connectivity index (χ1) is 13.6. The zero-order chi connectivity index (χ0) is 19.6. The molecule has 1 aliphatic carbocycles. The Hall–Kier alpha value is -2.92. The van der Waals surface area contributed by atoms with Crippen LogP contribution in [0.2, 0.25) is 5.02 Å². The summed E-state index contributed by atoms with van der Waals surface area (Å²) in [5.74, 6) is -0.430. The zero-order valence-electron chi connectivity index (χ0n) is 15.0. The van der Waals surface area contributed by atoms with Gasteiger partial charge in [-0.25, -0.2) is 9.37 Å². The second-order valence-electron chi connectivity index (χ2n) is 6.82. The van der Waals surface area contributed by atoms with Gasteiger partial charge in [0.1, 0.15) is 17.1 Å². The molecular formula is C22H18ClFN2O2. The maximum Gasteiger partial charge on any atom is 0.257 e. The van der Waals surface area contributed by atoms with E-state index in [0.29, 0.717) is 5.02 Å². The molecule has 28 heavy (non-hydrogen) atoms. The van der Waals surface area contributed by atoms with E-state index in [4.69, 9.17) is 16.3 Å². The van der Waals surface area contributed by atoms with E-state index >= 15 is 0 Å². The van der Waals surface area contributed by atoms with Gasteiger partial charge in [-0.1, -0.05) is 48.0 Å². The van der Waals surface area contributed by atoms with Crippen LogP contribution in [-0.2, 0) is 5.54 Å².